The van der Waals surface area contributed by atoms with Crippen molar-refractivity contribution in [2.45, 2.75) is 12.3 Å². The number of rotatable bonds is 3. The number of ether oxygens (including phenoxy) is 1. The molecule has 0 heterocycles. The molecule has 0 radical (unpaired) electrons. The quantitative estimate of drug-likeness (QED) is 0.275. The third-order valence-electron chi connectivity index (χ3n) is 1.73. The molecule has 0 aliphatic rings. The Labute approximate surface area is 88.5 Å². The maximum atomic E-state index is 6.12. The SMILES string of the molecule is CCOC(=NN)C(Cl)c1ccccc1. The van der Waals surface area contributed by atoms with Gasteiger partial charge >= 0.3 is 0 Å². The zero-order valence-corrected chi connectivity index (χ0v) is 8.74. The van der Waals surface area contributed by atoms with Gasteiger partial charge in [-0.2, -0.15) is 0 Å². The van der Waals surface area contributed by atoms with Crippen LogP contribution in [0.5, 0.6) is 0 Å². The summed E-state index contributed by atoms with van der Waals surface area (Å²) in [4.78, 5) is 0. The van der Waals surface area contributed by atoms with E-state index in [-0.39, 0.29) is 0 Å². The van der Waals surface area contributed by atoms with Gasteiger partial charge in [0.1, 0.15) is 5.38 Å². The fourth-order valence-electron chi connectivity index (χ4n) is 1.09. The predicted molar refractivity (Wildman–Crippen MR) is 58.3 cm³/mol. The van der Waals surface area contributed by atoms with Crippen LogP contribution in [0.3, 0.4) is 0 Å². The molecule has 3 nitrogen and oxygen atoms in total. The van der Waals surface area contributed by atoms with Gasteiger partial charge in [0, 0.05) is 0 Å². The zero-order valence-electron chi connectivity index (χ0n) is 7.98. The Morgan fingerprint density at radius 1 is 1.50 bits per heavy atom. The summed E-state index contributed by atoms with van der Waals surface area (Å²) in [7, 11) is 0. The molecule has 0 fully saturated rings. The second-order valence-electron chi connectivity index (χ2n) is 2.67. The molecule has 4 heteroatoms. The summed E-state index contributed by atoms with van der Waals surface area (Å²) in [6, 6.07) is 9.55. The summed E-state index contributed by atoms with van der Waals surface area (Å²) in [6.07, 6.45) is 0. The maximum Gasteiger partial charge on any atom is 0.228 e. The monoisotopic (exact) mass is 212 g/mol. The van der Waals surface area contributed by atoms with Gasteiger partial charge in [0.2, 0.25) is 5.90 Å². The number of halogens is 1. The molecule has 0 saturated carbocycles. The Bertz CT molecular complexity index is 300. The number of hydrazone groups is 1. The molecule has 0 spiro atoms. The van der Waals surface area contributed by atoms with E-state index < -0.39 is 5.38 Å². The highest BCUT2D eigenvalue weighted by Gasteiger charge is 2.15. The average molecular weight is 213 g/mol. The van der Waals surface area contributed by atoms with Gasteiger partial charge < -0.3 is 10.6 Å². The summed E-state index contributed by atoms with van der Waals surface area (Å²) >= 11 is 6.12. The molecule has 76 valence electrons. The van der Waals surface area contributed by atoms with E-state index in [1.165, 1.54) is 0 Å². The van der Waals surface area contributed by atoms with Gasteiger partial charge in [-0.1, -0.05) is 30.3 Å². The first-order chi connectivity index (χ1) is 6.79. The van der Waals surface area contributed by atoms with Crippen molar-refractivity contribution in [3.05, 3.63) is 35.9 Å². The van der Waals surface area contributed by atoms with Crippen LogP contribution in [-0.2, 0) is 4.74 Å². The van der Waals surface area contributed by atoms with Gasteiger partial charge in [-0.15, -0.1) is 16.7 Å². The number of benzene rings is 1. The third-order valence-corrected chi connectivity index (χ3v) is 2.17. The van der Waals surface area contributed by atoms with Crippen molar-refractivity contribution >= 4 is 17.5 Å². The number of nitrogens with zero attached hydrogens (tertiary/aromatic N) is 1. The molecular formula is C10H13ClN2O. The molecule has 0 aromatic heterocycles. The van der Waals surface area contributed by atoms with Gasteiger partial charge in [0.25, 0.3) is 0 Å². The Kier molecular flexibility index (Phi) is 4.26. The van der Waals surface area contributed by atoms with E-state index in [9.17, 15) is 0 Å². The molecule has 0 amide bonds. The highest BCUT2D eigenvalue weighted by Crippen LogP contribution is 2.21. The highest BCUT2D eigenvalue weighted by atomic mass is 35.5. The summed E-state index contributed by atoms with van der Waals surface area (Å²) in [5, 5.41) is 3.10. The molecule has 0 aliphatic heterocycles. The van der Waals surface area contributed by atoms with Gasteiger partial charge in [-0.05, 0) is 12.5 Å². The third kappa shape index (κ3) is 2.64. The minimum atomic E-state index is -0.416. The summed E-state index contributed by atoms with van der Waals surface area (Å²) in [6.45, 7) is 2.37. The summed E-state index contributed by atoms with van der Waals surface area (Å²) < 4.78 is 5.20. The first-order valence-corrected chi connectivity index (χ1v) is 4.82. The fraction of sp³-hybridized carbons (Fsp3) is 0.300. The standard InChI is InChI=1S/C10H13ClN2O/c1-2-14-10(13-12)9(11)8-6-4-3-5-7-8/h3-7,9H,2,12H2,1H3. The smallest absolute Gasteiger partial charge is 0.228 e. The molecule has 0 bridgehead atoms. The molecule has 1 aromatic carbocycles. The largest absolute Gasteiger partial charge is 0.479 e. The van der Waals surface area contributed by atoms with E-state index in [1.54, 1.807) is 0 Å². The molecule has 14 heavy (non-hydrogen) atoms. The first kappa shape index (κ1) is 10.9. The lowest BCUT2D eigenvalue weighted by molar-refractivity contribution is 0.317. The lowest BCUT2D eigenvalue weighted by atomic mass is 10.1. The lowest BCUT2D eigenvalue weighted by Crippen LogP contribution is -2.13. The summed E-state index contributed by atoms with van der Waals surface area (Å²) in [5.74, 6) is 5.52. The average Bonchev–Trinajstić information content (AvgIpc) is 2.26. The predicted octanol–water partition coefficient (Wildman–Crippen LogP) is 2.28. The van der Waals surface area contributed by atoms with Gasteiger partial charge in [-0.3, -0.25) is 0 Å². The van der Waals surface area contributed by atoms with Crippen molar-refractivity contribution in [1.29, 1.82) is 0 Å². The van der Waals surface area contributed by atoms with E-state index in [1.807, 2.05) is 37.3 Å². The Balaban J connectivity index is 2.78. The van der Waals surface area contributed by atoms with Crippen LogP contribution in [0.2, 0.25) is 0 Å². The Morgan fingerprint density at radius 3 is 2.64 bits per heavy atom. The van der Waals surface area contributed by atoms with E-state index in [0.29, 0.717) is 12.5 Å². The second-order valence-corrected chi connectivity index (χ2v) is 3.11. The van der Waals surface area contributed by atoms with Crippen LogP contribution >= 0.6 is 11.6 Å². The van der Waals surface area contributed by atoms with Crippen LogP contribution in [0.15, 0.2) is 35.4 Å². The first-order valence-electron chi connectivity index (χ1n) is 4.39. The second kappa shape index (κ2) is 5.50. The molecule has 0 aliphatic carbocycles. The Morgan fingerprint density at radius 2 is 2.14 bits per heavy atom. The number of hydrogen-bond donors (Lipinski definition) is 1. The Hall–Kier alpha value is -1.22. The number of hydrogen-bond acceptors (Lipinski definition) is 3. The van der Waals surface area contributed by atoms with Crippen molar-refractivity contribution in [1.82, 2.24) is 0 Å². The molecule has 0 saturated heterocycles. The minimum absolute atomic E-state index is 0.348. The van der Waals surface area contributed by atoms with Crippen LogP contribution in [-0.4, -0.2) is 12.5 Å². The van der Waals surface area contributed by atoms with E-state index >= 15 is 0 Å². The van der Waals surface area contributed by atoms with Crippen molar-refractivity contribution in [3.8, 4) is 0 Å². The van der Waals surface area contributed by atoms with Crippen LogP contribution < -0.4 is 5.84 Å². The van der Waals surface area contributed by atoms with Crippen LogP contribution in [0.4, 0.5) is 0 Å². The van der Waals surface area contributed by atoms with E-state index in [2.05, 4.69) is 5.10 Å². The lowest BCUT2D eigenvalue weighted by Gasteiger charge is -2.12. The van der Waals surface area contributed by atoms with E-state index in [4.69, 9.17) is 22.2 Å². The number of nitrogens with two attached hydrogens (primary N) is 1. The van der Waals surface area contributed by atoms with E-state index in [0.717, 1.165) is 5.56 Å². The zero-order chi connectivity index (χ0) is 10.4. The fourth-order valence-corrected chi connectivity index (χ4v) is 1.35. The minimum Gasteiger partial charge on any atom is -0.479 e. The normalized spacial score (nSPS) is 13.7. The van der Waals surface area contributed by atoms with Crippen molar-refractivity contribution in [3.63, 3.8) is 0 Å². The molecule has 1 atom stereocenters. The molecule has 2 N–H and O–H groups in total. The molecule has 1 unspecified atom stereocenters. The van der Waals surface area contributed by atoms with Gasteiger partial charge in [0.05, 0.1) is 6.61 Å². The molecular weight excluding hydrogens is 200 g/mol. The van der Waals surface area contributed by atoms with Crippen LogP contribution in [0.1, 0.15) is 17.9 Å². The van der Waals surface area contributed by atoms with Crippen LogP contribution in [0, 0.1) is 0 Å². The topological polar surface area (TPSA) is 47.6 Å². The highest BCUT2D eigenvalue weighted by molar-refractivity contribution is 6.30. The van der Waals surface area contributed by atoms with Gasteiger partial charge in [0.15, 0.2) is 0 Å². The maximum absolute atomic E-state index is 6.12. The van der Waals surface area contributed by atoms with Crippen LogP contribution in [0.25, 0.3) is 0 Å². The molecule has 1 rings (SSSR count). The molecule has 1 aromatic rings. The van der Waals surface area contributed by atoms with Crippen molar-refractivity contribution in [2.24, 2.45) is 10.9 Å². The van der Waals surface area contributed by atoms with Gasteiger partial charge in [-0.25, -0.2) is 0 Å². The summed E-state index contributed by atoms with van der Waals surface area (Å²) in [5.41, 5.74) is 0.923. The number of alkyl halides is 1. The van der Waals surface area contributed by atoms with Crippen molar-refractivity contribution in [2.75, 3.05) is 6.61 Å². The van der Waals surface area contributed by atoms with Crippen molar-refractivity contribution < 1.29 is 4.74 Å².